The van der Waals surface area contributed by atoms with Crippen LogP contribution in [-0.2, 0) is 4.79 Å². The summed E-state index contributed by atoms with van der Waals surface area (Å²) in [5.74, 6) is -1.48. The van der Waals surface area contributed by atoms with Crippen LogP contribution in [0, 0.1) is 11.3 Å². The van der Waals surface area contributed by atoms with Crippen LogP contribution in [0.1, 0.15) is 25.7 Å². The fourth-order valence-electron chi connectivity index (χ4n) is 4.01. The molecule has 1 saturated carbocycles. The van der Waals surface area contributed by atoms with Gasteiger partial charge in [-0.1, -0.05) is 6.42 Å². The van der Waals surface area contributed by atoms with Gasteiger partial charge in [-0.2, -0.15) is 13.2 Å². The number of rotatable bonds is 3. The number of piperidine rings is 1. The quantitative estimate of drug-likeness (QED) is 0.804. The maximum absolute atomic E-state index is 13.2. The molecule has 0 radical (unpaired) electrons. The van der Waals surface area contributed by atoms with Gasteiger partial charge in [0.25, 0.3) is 0 Å². The molecule has 8 heteroatoms. The average molecular weight is 319 g/mol. The molecule has 0 aromatic carbocycles. The molecule has 3 aliphatic rings. The number of nitrogens with zero attached hydrogens (tertiary/aromatic N) is 2. The number of amides is 3. The van der Waals surface area contributed by atoms with Crippen molar-refractivity contribution in [1.29, 1.82) is 0 Å². The normalized spacial score (nSPS) is 28.9. The Morgan fingerprint density at radius 2 is 1.95 bits per heavy atom. The van der Waals surface area contributed by atoms with Crippen LogP contribution in [0.15, 0.2) is 0 Å². The molecule has 5 nitrogen and oxygen atoms in total. The van der Waals surface area contributed by atoms with E-state index in [1.54, 1.807) is 0 Å². The van der Waals surface area contributed by atoms with Crippen LogP contribution in [0.3, 0.4) is 0 Å². The van der Waals surface area contributed by atoms with E-state index in [0.717, 1.165) is 11.3 Å². The van der Waals surface area contributed by atoms with E-state index in [1.807, 2.05) is 4.90 Å². The van der Waals surface area contributed by atoms with Crippen molar-refractivity contribution in [3.8, 4) is 0 Å². The summed E-state index contributed by atoms with van der Waals surface area (Å²) in [4.78, 5) is 26.1. The van der Waals surface area contributed by atoms with E-state index in [2.05, 4.69) is 5.32 Å². The van der Waals surface area contributed by atoms with Gasteiger partial charge in [0.15, 0.2) is 0 Å². The van der Waals surface area contributed by atoms with Crippen LogP contribution >= 0.6 is 0 Å². The van der Waals surface area contributed by atoms with E-state index in [-0.39, 0.29) is 25.4 Å². The summed E-state index contributed by atoms with van der Waals surface area (Å²) < 4.78 is 39.6. The topological polar surface area (TPSA) is 52.7 Å². The van der Waals surface area contributed by atoms with Crippen molar-refractivity contribution < 1.29 is 22.8 Å². The van der Waals surface area contributed by atoms with E-state index in [1.165, 1.54) is 0 Å². The first-order valence-corrected chi connectivity index (χ1v) is 7.69. The maximum Gasteiger partial charge on any atom is 0.392 e. The molecule has 0 bridgehead atoms. The number of nitrogens with one attached hydrogen (secondary N) is 1. The first-order valence-electron chi connectivity index (χ1n) is 7.69. The molecule has 0 unspecified atom stereocenters. The Bertz CT molecular complexity index is 460. The summed E-state index contributed by atoms with van der Waals surface area (Å²) in [7, 11) is 0. The monoisotopic (exact) mass is 319 g/mol. The van der Waals surface area contributed by atoms with Gasteiger partial charge < -0.3 is 10.2 Å². The number of carbonyl (C=O) groups is 2. The van der Waals surface area contributed by atoms with Crippen molar-refractivity contribution in [3.63, 3.8) is 0 Å². The highest BCUT2D eigenvalue weighted by Crippen LogP contribution is 2.56. The van der Waals surface area contributed by atoms with E-state index >= 15 is 0 Å². The molecule has 22 heavy (non-hydrogen) atoms. The van der Waals surface area contributed by atoms with Crippen LogP contribution in [0.5, 0.6) is 0 Å². The van der Waals surface area contributed by atoms with E-state index in [4.69, 9.17) is 0 Å². The number of urea groups is 1. The van der Waals surface area contributed by atoms with Gasteiger partial charge >= 0.3 is 12.2 Å². The molecule has 124 valence electrons. The van der Waals surface area contributed by atoms with E-state index in [0.29, 0.717) is 32.5 Å². The lowest BCUT2D eigenvalue weighted by atomic mass is 9.58. The van der Waals surface area contributed by atoms with Crippen molar-refractivity contribution in [2.75, 3.05) is 32.7 Å². The number of halogens is 3. The Labute approximate surface area is 126 Å². The molecule has 0 aromatic heterocycles. The number of likely N-dealkylation sites (tertiary alicyclic amines) is 1. The largest absolute Gasteiger partial charge is 0.392 e. The Morgan fingerprint density at radius 1 is 1.23 bits per heavy atom. The first kappa shape index (κ1) is 15.6. The molecule has 1 atom stereocenters. The molecule has 1 spiro atoms. The second-order valence-electron chi connectivity index (χ2n) is 6.58. The SMILES string of the molecule is O=C1CNC(=O)N1CCN1CC[C@@H](C(F)(F)F)C2(CCC2)C1. The number of hydrogen-bond acceptors (Lipinski definition) is 3. The van der Waals surface area contributed by atoms with Gasteiger partial charge in [-0.15, -0.1) is 0 Å². The van der Waals surface area contributed by atoms with Crippen LogP contribution in [0.4, 0.5) is 18.0 Å². The van der Waals surface area contributed by atoms with Gasteiger partial charge in [-0.3, -0.25) is 9.69 Å². The standard InChI is InChI=1S/C14H20F3N3O2/c15-14(16,17)10-2-5-19(9-13(10)3-1-4-13)6-7-20-11(21)8-18-12(20)22/h10H,1-9H2,(H,18,22)/t10-/m1/s1. The average Bonchev–Trinajstić information content (AvgIpc) is 2.72. The molecule has 2 heterocycles. The summed E-state index contributed by atoms with van der Waals surface area (Å²) in [5, 5.41) is 2.44. The summed E-state index contributed by atoms with van der Waals surface area (Å²) in [6.45, 7) is 1.50. The van der Waals surface area contributed by atoms with Crippen molar-refractivity contribution in [3.05, 3.63) is 0 Å². The van der Waals surface area contributed by atoms with Crippen molar-refractivity contribution in [1.82, 2.24) is 15.1 Å². The lowest BCUT2D eigenvalue weighted by Crippen LogP contribution is -2.57. The molecule has 2 saturated heterocycles. The molecular weight excluding hydrogens is 299 g/mol. The second kappa shape index (κ2) is 5.40. The van der Waals surface area contributed by atoms with Crippen LogP contribution in [-0.4, -0.2) is 60.6 Å². The lowest BCUT2D eigenvalue weighted by molar-refractivity contribution is -0.237. The van der Waals surface area contributed by atoms with Crippen LogP contribution in [0.25, 0.3) is 0 Å². The Balaban J connectivity index is 1.59. The van der Waals surface area contributed by atoms with Gasteiger partial charge in [0, 0.05) is 19.6 Å². The fourth-order valence-corrected chi connectivity index (χ4v) is 4.01. The van der Waals surface area contributed by atoms with Crippen LogP contribution in [0.2, 0.25) is 0 Å². The summed E-state index contributed by atoms with van der Waals surface area (Å²) >= 11 is 0. The minimum absolute atomic E-state index is 0.0128. The second-order valence-corrected chi connectivity index (χ2v) is 6.58. The molecule has 1 N–H and O–H groups in total. The zero-order chi connectivity index (χ0) is 16.0. The summed E-state index contributed by atoms with van der Waals surface area (Å²) in [5.41, 5.74) is -0.645. The number of carbonyl (C=O) groups excluding carboxylic acids is 2. The Hall–Kier alpha value is -1.31. The van der Waals surface area contributed by atoms with Gasteiger partial charge in [-0.05, 0) is 31.2 Å². The van der Waals surface area contributed by atoms with Gasteiger partial charge in [0.05, 0.1) is 12.5 Å². The van der Waals surface area contributed by atoms with Crippen molar-refractivity contribution in [2.45, 2.75) is 31.9 Å². The first-order chi connectivity index (χ1) is 10.3. The summed E-state index contributed by atoms with van der Waals surface area (Å²) in [6, 6.07) is -0.409. The zero-order valence-corrected chi connectivity index (χ0v) is 12.3. The van der Waals surface area contributed by atoms with E-state index in [9.17, 15) is 22.8 Å². The molecule has 3 amide bonds. The molecular formula is C14H20F3N3O2. The molecule has 0 aromatic rings. The van der Waals surface area contributed by atoms with Crippen LogP contribution < -0.4 is 5.32 Å². The third-order valence-electron chi connectivity index (χ3n) is 5.33. The van der Waals surface area contributed by atoms with Gasteiger partial charge in [0.1, 0.15) is 0 Å². The fraction of sp³-hybridized carbons (Fsp3) is 0.857. The molecule has 1 aliphatic carbocycles. The maximum atomic E-state index is 13.2. The molecule has 3 fully saturated rings. The minimum Gasteiger partial charge on any atom is -0.329 e. The third-order valence-corrected chi connectivity index (χ3v) is 5.33. The predicted molar refractivity (Wildman–Crippen MR) is 72.0 cm³/mol. The number of hydrogen-bond donors (Lipinski definition) is 1. The lowest BCUT2D eigenvalue weighted by Gasteiger charge is -2.54. The summed E-state index contributed by atoms with van der Waals surface area (Å²) in [6.07, 6.45) is -1.91. The Kier molecular flexibility index (Phi) is 3.82. The minimum atomic E-state index is -4.13. The molecule has 3 rings (SSSR count). The van der Waals surface area contributed by atoms with Crippen molar-refractivity contribution in [2.24, 2.45) is 11.3 Å². The van der Waals surface area contributed by atoms with E-state index < -0.39 is 23.5 Å². The number of imide groups is 1. The highest BCUT2D eigenvalue weighted by Gasteiger charge is 2.57. The van der Waals surface area contributed by atoms with Gasteiger partial charge in [0.2, 0.25) is 5.91 Å². The van der Waals surface area contributed by atoms with Gasteiger partial charge in [-0.25, -0.2) is 4.79 Å². The zero-order valence-electron chi connectivity index (χ0n) is 12.3. The Morgan fingerprint density at radius 3 is 2.45 bits per heavy atom. The highest BCUT2D eigenvalue weighted by molar-refractivity contribution is 6.01. The smallest absolute Gasteiger partial charge is 0.329 e. The molecule has 2 aliphatic heterocycles. The van der Waals surface area contributed by atoms with Crippen molar-refractivity contribution >= 4 is 11.9 Å². The highest BCUT2D eigenvalue weighted by atomic mass is 19.4. The predicted octanol–water partition coefficient (Wildman–Crippen LogP) is 1.59. The number of alkyl halides is 3. The third kappa shape index (κ3) is 2.68.